The summed E-state index contributed by atoms with van der Waals surface area (Å²) in [6, 6.07) is 55.7. The van der Waals surface area contributed by atoms with Gasteiger partial charge in [0.1, 0.15) is 0 Å². The normalized spacial score (nSPS) is 13.0. The zero-order valence-electron chi connectivity index (χ0n) is 27.8. The van der Waals surface area contributed by atoms with E-state index in [1.54, 1.807) is 0 Å². The lowest BCUT2D eigenvalue weighted by Gasteiger charge is -2.19. The van der Waals surface area contributed by atoms with Gasteiger partial charge in [0.25, 0.3) is 0 Å². The van der Waals surface area contributed by atoms with Crippen molar-refractivity contribution in [1.82, 2.24) is 0 Å². The Labute approximate surface area is 291 Å². The van der Waals surface area contributed by atoms with Gasteiger partial charge in [-0.15, -0.1) is 0 Å². The Morgan fingerprint density at radius 2 is 0.560 bits per heavy atom. The number of rotatable bonds is 7. The average Bonchev–Trinajstić information content (AvgIpc) is 3.16. The van der Waals surface area contributed by atoms with E-state index in [1.807, 2.05) is 184 Å². The van der Waals surface area contributed by atoms with E-state index in [-0.39, 0.29) is 0 Å². The van der Waals surface area contributed by atoms with Gasteiger partial charge >= 0.3 is 0 Å². The number of hydrogen-bond acceptors (Lipinski definition) is 2. The maximum Gasteiger partial charge on any atom is 0.247 e. The van der Waals surface area contributed by atoms with Gasteiger partial charge in [-0.05, 0) is 105 Å². The monoisotopic (exact) mass is 684 g/mol. The van der Waals surface area contributed by atoms with Crippen molar-refractivity contribution in [3.05, 3.63) is 170 Å². The first-order chi connectivity index (χ1) is 24.3. The van der Waals surface area contributed by atoms with E-state index in [9.17, 15) is 0 Å². The lowest BCUT2D eigenvalue weighted by atomic mass is 10.1. The SMILES string of the molecule is CC(=NP(=O)(c1ccc2ccccc2c1)c1ccc2ccccc2c1)C(C)=NP(=O)(c1ccc2ccccc2c1)c1ccc2ccccc2c1. The minimum Gasteiger partial charge on any atom is -0.288 e. The van der Waals surface area contributed by atoms with Crippen molar-refractivity contribution in [2.24, 2.45) is 9.53 Å². The van der Waals surface area contributed by atoms with Crippen LogP contribution in [0.2, 0.25) is 0 Å². The molecule has 0 atom stereocenters. The standard InChI is InChI=1S/C44H34N2O2P2/c1-31(45-49(47,41-23-19-33-11-3-7-15-37(33)27-41)42-24-20-34-12-4-8-16-38(34)28-42)32(2)46-50(48,43-25-21-35-13-5-9-17-39(35)29-43)44-26-22-36-14-6-10-18-40(36)30-44/h3-30H,1-2H3. The first-order valence-electron chi connectivity index (χ1n) is 16.6. The molecule has 0 unspecified atom stereocenters. The van der Waals surface area contributed by atoms with Crippen molar-refractivity contribution >= 4 is 90.3 Å². The smallest absolute Gasteiger partial charge is 0.247 e. The van der Waals surface area contributed by atoms with Crippen LogP contribution in [0, 0.1) is 0 Å². The van der Waals surface area contributed by atoms with Gasteiger partial charge in [-0.25, -0.2) is 9.53 Å². The second-order valence-electron chi connectivity index (χ2n) is 12.6. The van der Waals surface area contributed by atoms with Crippen LogP contribution in [-0.4, -0.2) is 11.4 Å². The zero-order chi connectivity index (χ0) is 34.3. The fourth-order valence-electron chi connectivity index (χ4n) is 6.56. The molecule has 0 bridgehead atoms. The lowest BCUT2D eigenvalue weighted by Crippen LogP contribution is -2.19. The molecular weight excluding hydrogens is 650 g/mol. The van der Waals surface area contributed by atoms with Gasteiger partial charge in [-0.3, -0.25) is 9.13 Å². The molecule has 0 spiro atoms. The first kappa shape index (κ1) is 31.8. The van der Waals surface area contributed by atoms with E-state index in [0.717, 1.165) is 43.1 Å². The van der Waals surface area contributed by atoms with Crippen molar-refractivity contribution in [2.75, 3.05) is 0 Å². The van der Waals surface area contributed by atoms with E-state index < -0.39 is 14.6 Å². The van der Waals surface area contributed by atoms with Crippen LogP contribution in [0.5, 0.6) is 0 Å². The largest absolute Gasteiger partial charge is 0.288 e. The molecule has 0 N–H and O–H groups in total. The molecule has 0 saturated carbocycles. The molecule has 0 aromatic heterocycles. The Morgan fingerprint density at radius 3 is 0.800 bits per heavy atom. The van der Waals surface area contributed by atoms with Gasteiger partial charge in [0, 0.05) is 21.2 Å². The van der Waals surface area contributed by atoms with Crippen molar-refractivity contribution in [2.45, 2.75) is 13.8 Å². The molecule has 242 valence electrons. The van der Waals surface area contributed by atoms with Crippen LogP contribution in [0.3, 0.4) is 0 Å². The van der Waals surface area contributed by atoms with E-state index in [1.165, 1.54) is 0 Å². The van der Waals surface area contributed by atoms with E-state index in [0.29, 0.717) is 32.6 Å². The molecule has 0 aliphatic carbocycles. The highest BCUT2D eigenvalue weighted by Crippen LogP contribution is 2.49. The van der Waals surface area contributed by atoms with Gasteiger partial charge in [-0.1, -0.05) is 121 Å². The summed E-state index contributed by atoms with van der Waals surface area (Å²) < 4.78 is 41.1. The molecule has 4 nitrogen and oxygen atoms in total. The van der Waals surface area contributed by atoms with Gasteiger partial charge in [0.05, 0.1) is 11.4 Å². The van der Waals surface area contributed by atoms with Crippen LogP contribution in [-0.2, 0) is 9.13 Å². The third-order valence-corrected chi connectivity index (χ3v) is 14.5. The fourth-order valence-corrected chi connectivity index (χ4v) is 11.1. The second-order valence-corrected chi connectivity index (χ2v) is 17.4. The lowest BCUT2D eigenvalue weighted by molar-refractivity contribution is 0.587. The highest BCUT2D eigenvalue weighted by Gasteiger charge is 2.31. The molecular formula is C44H34N2O2P2. The van der Waals surface area contributed by atoms with Crippen LogP contribution in [0.25, 0.3) is 43.1 Å². The average molecular weight is 685 g/mol. The third kappa shape index (κ3) is 5.81. The molecule has 0 saturated heterocycles. The zero-order valence-corrected chi connectivity index (χ0v) is 29.6. The Kier molecular flexibility index (Phi) is 8.16. The van der Waals surface area contributed by atoms with Crippen molar-refractivity contribution in [3.63, 3.8) is 0 Å². The van der Waals surface area contributed by atoms with Crippen LogP contribution in [0.15, 0.2) is 179 Å². The number of nitrogens with zero attached hydrogens (tertiary/aromatic N) is 2. The molecule has 0 aliphatic heterocycles. The van der Waals surface area contributed by atoms with Crippen LogP contribution in [0.1, 0.15) is 13.8 Å². The Balaban J connectivity index is 1.31. The van der Waals surface area contributed by atoms with Crippen molar-refractivity contribution in [1.29, 1.82) is 0 Å². The summed E-state index contributed by atoms with van der Waals surface area (Å²) in [6.45, 7) is 3.64. The summed E-state index contributed by atoms with van der Waals surface area (Å²) in [5, 5.41) is 10.7. The quantitative estimate of drug-likeness (QED) is 0.124. The number of hydrogen-bond donors (Lipinski definition) is 0. The highest BCUT2D eigenvalue weighted by molar-refractivity contribution is 7.78. The first-order valence-corrected chi connectivity index (χ1v) is 19.9. The number of fused-ring (bicyclic) bond motifs is 4. The second kappa shape index (κ2) is 12.8. The van der Waals surface area contributed by atoms with Crippen molar-refractivity contribution in [3.8, 4) is 0 Å². The molecule has 0 heterocycles. The van der Waals surface area contributed by atoms with Gasteiger partial charge in [-0.2, -0.15) is 0 Å². The molecule has 8 aromatic rings. The molecule has 6 heteroatoms. The van der Waals surface area contributed by atoms with E-state index in [4.69, 9.17) is 9.53 Å². The fraction of sp³-hybridized carbons (Fsp3) is 0.0455. The summed E-state index contributed by atoms with van der Waals surface area (Å²) in [7, 11) is -7.20. The Morgan fingerprint density at radius 1 is 0.340 bits per heavy atom. The van der Waals surface area contributed by atoms with E-state index >= 15 is 9.13 Å². The Hall–Kier alpha value is -5.40. The van der Waals surface area contributed by atoms with Gasteiger partial charge in [0.2, 0.25) is 14.6 Å². The van der Waals surface area contributed by atoms with Gasteiger partial charge in [0.15, 0.2) is 0 Å². The summed E-state index contributed by atoms with van der Waals surface area (Å²) in [5.74, 6) is 0. The van der Waals surface area contributed by atoms with Crippen LogP contribution < -0.4 is 21.2 Å². The molecule has 0 amide bonds. The molecule has 0 aliphatic rings. The van der Waals surface area contributed by atoms with Crippen molar-refractivity contribution < 1.29 is 9.13 Å². The molecule has 0 radical (unpaired) electrons. The van der Waals surface area contributed by atoms with Gasteiger partial charge < -0.3 is 0 Å². The predicted molar refractivity (Wildman–Crippen MR) is 216 cm³/mol. The maximum absolute atomic E-state index is 15.5. The van der Waals surface area contributed by atoms with E-state index in [2.05, 4.69) is 0 Å². The topological polar surface area (TPSA) is 58.9 Å². The number of benzene rings is 8. The summed E-state index contributed by atoms with van der Waals surface area (Å²) >= 11 is 0. The highest BCUT2D eigenvalue weighted by atomic mass is 31.2. The minimum atomic E-state index is -3.60. The summed E-state index contributed by atoms with van der Waals surface area (Å²) in [6.07, 6.45) is 0. The minimum absolute atomic E-state index is 0.469. The molecule has 50 heavy (non-hydrogen) atoms. The summed E-state index contributed by atoms with van der Waals surface area (Å²) in [5.41, 5.74) is 0.938. The van der Waals surface area contributed by atoms with Crippen LogP contribution in [0.4, 0.5) is 0 Å². The molecule has 8 rings (SSSR count). The Bertz CT molecular complexity index is 2410. The maximum atomic E-state index is 15.5. The predicted octanol–water partition coefficient (Wildman–Crippen LogP) is 10.4. The van der Waals surface area contributed by atoms with Crippen LogP contribution >= 0.6 is 14.6 Å². The summed E-state index contributed by atoms with van der Waals surface area (Å²) in [4.78, 5) is 0. The third-order valence-electron chi connectivity index (χ3n) is 9.44. The molecule has 0 fully saturated rings. The molecule has 8 aromatic carbocycles.